The van der Waals surface area contributed by atoms with Gasteiger partial charge in [0.15, 0.2) is 0 Å². The molecule has 2 aliphatic rings. The summed E-state index contributed by atoms with van der Waals surface area (Å²) in [4.78, 5) is 9.85. The predicted molar refractivity (Wildman–Crippen MR) is 129 cm³/mol. The van der Waals surface area contributed by atoms with Crippen molar-refractivity contribution < 1.29 is 23.0 Å². The Hall–Kier alpha value is -0.190. The van der Waals surface area contributed by atoms with E-state index in [1.165, 1.54) is 96.3 Å². The molecule has 1 atom stereocenters. The number of allylic oxidation sites excluding steroid dienone is 2. The third-order valence-electron chi connectivity index (χ3n) is 7.06. The van der Waals surface area contributed by atoms with Crippen molar-refractivity contribution in [2.75, 3.05) is 39.9 Å². The van der Waals surface area contributed by atoms with E-state index in [-0.39, 0.29) is 0 Å². The number of phosphoric ester groups is 1. The molecule has 2 fully saturated rings. The first-order valence-corrected chi connectivity index (χ1v) is 14.6. The fraction of sp³-hybridized carbons (Fsp3) is 0.920. The summed E-state index contributed by atoms with van der Waals surface area (Å²) < 4.78 is 23.3. The van der Waals surface area contributed by atoms with E-state index < -0.39 is 7.82 Å². The molecule has 31 heavy (non-hydrogen) atoms. The Morgan fingerprint density at radius 2 is 1.35 bits per heavy atom. The maximum atomic E-state index is 12.0. The monoisotopic (exact) mass is 458 g/mol. The molecule has 182 valence electrons. The van der Waals surface area contributed by atoms with Crippen molar-refractivity contribution in [1.29, 1.82) is 0 Å². The Balaban J connectivity index is 1.36. The number of hydrogen-bond acceptors (Lipinski definition) is 3. The molecule has 1 heterocycles. The van der Waals surface area contributed by atoms with Crippen LogP contribution in [-0.4, -0.2) is 49.3 Å². The number of likely N-dealkylation sites (N-methyl/N-ethyl adjacent to an activating group) is 1. The van der Waals surface area contributed by atoms with Gasteiger partial charge in [0.05, 0.1) is 26.7 Å². The molecule has 1 N–H and O–H groups in total. The van der Waals surface area contributed by atoms with E-state index in [9.17, 15) is 9.46 Å². The molecule has 5 nitrogen and oxygen atoms in total. The van der Waals surface area contributed by atoms with Crippen LogP contribution in [0.3, 0.4) is 0 Å². The summed E-state index contributed by atoms with van der Waals surface area (Å²) in [5, 5.41) is 0. The Morgan fingerprint density at radius 3 is 2.03 bits per heavy atom. The van der Waals surface area contributed by atoms with Crippen LogP contribution in [0.1, 0.15) is 109 Å². The number of hydrogen-bond donors (Lipinski definition) is 1. The molecular formula is C25H49NO4P+. The van der Waals surface area contributed by atoms with Crippen LogP contribution >= 0.6 is 7.82 Å². The summed E-state index contributed by atoms with van der Waals surface area (Å²) >= 11 is 0. The first-order chi connectivity index (χ1) is 15.0. The molecular weight excluding hydrogens is 409 g/mol. The van der Waals surface area contributed by atoms with Gasteiger partial charge in [0.25, 0.3) is 0 Å². The lowest BCUT2D eigenvalue weighted by molar-refractivity contribution is -0.914. The highest BCUT2D eigenvalue weighted by Gasteiger charge is 2.27. The highest BCUT2D eigenvalue weighted by atomic mass is 31.2. The van der Waals surface area contributed by atoms with Crippen LogP contribution in [0.15, 0.2) is 11.6 Å². The number of nitrogens with zero attached hydrogens (tertiary/aromatic N) is 1. The number of quaternary nitrogens is 1. The van der Waals surface area contributed by atoms with Gasteiger partial charge in [-0.3, -0.25) is 9.05 Å². The highest BCUT2D eigenvalue weighted by Crippen LogP contribution is 2.43. The molecule has 0 bridgehead atoms. The van der Waals surface area contributed by atoms with Gasteiger partial charge in [0, 0.05) is 0 Å². The number of likely N-dealkylation sites (tertiary alicyclic amines) is 1. The van der Waals surface area contributed by atoms with E-state index in [0.717, 1.165) is 37.0 Å². The quantitative estimate of drug-likeness (QED) is 0.115. The van der Waals surface area contributed by atoms with E-state index >= 15 is 0 Å². The molecule has 1 saturated heterocycles. The Morgan fingerprint density at radius 1 is 0.806 bits per heavy atom. The first-order valence-electron chi connectivity index (χ1n) is 13.1. The minimum atomic E-state index is -3.89. The molecule has 1 unspecified atom stereocenters. The lowest BCUT2D eigenvalue weighted by Gasteiger charge is -2.37. The van der Waals surface area contributed by atoms with Gasteiger partial charge in [0.1, 0.15) is 13.2 Å². The van der Waals surface area contributed by atoms with Crippen LogP contribution in [0.4, 0.5) is 0 Å². The molecule has 0 aromatic heterocycles. The smallest absolute Gasteiger partial charge is 0.324 e. The van der Waals surface area contributed by atoms with Gasteiger partial charge in [-0.1, -0.05) is 56.6 Å². The summed E-state index contributed by atoms with van der Waals surface area (Å²) in [7, 11) is -1.68. The van der Waals surface area contributed by atoms with Crippen LogP contribution in [0.25, 0.3) is 0 Å². The Bertz CT molecular complexity index is 538. The van der Waals surface area contributed by atoms with Crippen molar-refractivity contribution in [3.8, 4) is 0 Å². The van der Waals surface area contributed by atoms with Crippen molar-refractivity contribution >= 4 is 7.82 Å². The number of piperidine rings is 1. The van der Waals surface area contributed by atoms with Crippen molar-refractivity contribution in [3.05, 3.63) is 11.6 Å². The average molecular weight is 459 g/mol. The van der Waals surface area contributed by atoms with Crippen LogP contribution in [-0.2, 0) is 13.6 Å². The fourth-order valence-corrected chi connectivity index (χ4v) is 5.66. The zero-order chi connectivity index (χ0) is 22.3. The van der Waals surface area contributed by atoms with Gasteiger partial charge < -0.3 is 9.38 Å². The number of phosphoric acid groups is 1. The maximum Gasteiger partial charge on any atom is 0.472 e. The summed E-state index contributed by atoms with van der Waals surface area (Å²) in [6.07, 6.45) is 24.1. The summed E-state index contributed by atoms with van der Waals surface area (Å²) in [6.45, 7) is 3.66. The molecule has 2 rings (SSSR count). The SMILES string of the molecule is C[N+]1(CCOP(=O)(O)OCCCCCCCCCCC=C2CCCCC2)CCCCC1. The van der Waals surface area contributed by atoms with Crippen molar-refractivity contribution in [2.24, 2.45) is 0 Å². The molecule has 6 heteroatoms. The Kier molecular flexibility index (Phi) is 13.6. The van der Waals surface area contributed by atoms with Crippen molar-refractivity contribution in [1.82, 2.24) is 0 Å². The summed E-state index contributed by atoms with van der Waals surface area (Å²) in [5.41, 5.74) is 1.71. The molecule has 0 spiro atoms. The van der Waals surface area contributed by atoms with Crippen LogP contribution < -0.4 is 0 Å². The number of rotatable bonds is 16. The second-order valence-electron chi connectivity index (χ2n) is 10.0. The maximum absolute atomic E-state index is 12.0. The van der Waals surface area contributed by atoms with Gasteiger partial charge in [-0.05, 0) is 64.2 Å². The molecule has 1 saturated carbocycles. The second kappa shape index (κ2) is 15.6. The highest BCUT2D eigenvalue weighted by molar-refractivity contribution is 7.47. The van der Waals surface area contributed by atoms with Gasteiger partial charge >= 0.3 is 7.82 Å². The van der Waals surface area contributed by atoms with Crippen LogP contribution in [0.5, 0.6) is 0 Å². The normalized spacial score (nSPS) is 21.0. The summed E-state index contributed by atoms with van der Waals surface area (Å²) in [6, 6.07) is 0. The number of unbranched alkanes of at least 4 members (excludes halogenated alkanes) is 8. The minimum Gasteiger partial charge on any atom is -0.324 e. The van der Waals surface area contributed by atoms with Crippen LogP contribution in [0.2, 0.25) is 0 Å². The fourth-order valence-electron chi connectivity index (χ4n) is 4.92. The third-order valence-corrected chi connectivity index (χ3v) is 8.08. The van der Waals surface area contributed by atoms with E-state index in [4.69, 9.17) is 9.05 Å². The van der Waals surface area contributed by atoms with Gasteiger partial charge in [-0.25, -0.2) is 4.57 Å². The molecule has 1 aliphatic heterocycles. The predicted octanol–water partition coefficient (Wildman–Crippen LogP) is 7.15. The molecule has 0 amide bonds. The molecule has 1 aliphatic carbocycles. The van der Waals surface area contributed by atoms with E-state index in [1.807, 2.05) is 0 Å². The first kappa shape index (κ1) is 27.1. The van der Waals surface area contributed by atoms with Crippen molar-refractivity contribution in [3.63, 3.8) is 0 Å². The van der Waals surface area contributed by atoms with E-state index in [0.29, 0.717) is 13.2 Å². The summed E-state index contributed by atoms with van der Waals surface area (Å²) in [5.74, 6) is 0. The molecule has 0 radical (unpaired) electrons. The van der Waals surface area contributed by atoms with Crippen molar-refractivity contribution in [2.45, 2.75) is 109 Å². The second-order valence-corrected chi connectivity index (χ2v) is 11.5. The topological polar surface area (TPSA) is 55.8 Å². The molecule has 0 aromatic rings. The molecule has 0 aromatic carbocycles. The van der Waals surface area contributed by atoms with Gasteiger partial charge in [-0.15, -0.1) is 0 Å². The van der Waals surface area contributed by atoms with Gasteiger partial charge in [-0.2, -0.15) is 0 Å². The zero-order valence-corrected chi connectivity index (χ0v) is 21.1. The average Bonchev–Trinajstić information content (AvgIpc) is 2.75. The van der Waals surface area contributed by atoms with Crippen LogP contribution in [0, 0.1) is 0 Å². The largest absolute Gasteiger partial charge is 0.472 e. The third kappa shape index (κ3) is 13.2. The lowest BCUT2D eigenvalue weighted by Crippen LogP contribution is -2.49. The van der Waals surface area contributed by atoms with Gasteiger partial charge in [0.2, 0.25) is 0 Å². The Labute approximate surface area is 191 Å². The minimum absolute atomic E-state index is 0.293. The lowest BCUT2D eigenvalue weighted by atomic mass is 9.94. The zero-order valence-electron chi connectivity index (χ0n) is 20.2. The van der Waals surface area contributed by atoms with E-state index in [1.54, 1.807) is 5.57 Å². The standard InChI is InChI=1S/C25H48NO4P/c1-26(20-14-10-15-21-26)22-24-30-31(27,28)29-23-16-8-6-4-2-3-5-7-11-17-25-18-12-9-13-19-25/h17H,2-16,18-24H2,1H3/p+1. The van der Waals surface area contributed by atoms with E-state index in [2.05, 4.69) is 13.1 Å².